The number of pyridine rings is 1. The molecule has 0 spiro atoms. The van der Waals surface area contributed by atoms with Crippen molar-refractivity contribution in [1.82, 2.24) is 14.5 Å². The minimum Gasteiger partial charge on any atom is -0.312 e. The summed E-state index contributed by atoms with van der Waals surface area (Å²) in [4.78, 5) is 10.2. The molecule has 0 radical (unpaired) electrons. The van der Waals surface area contributed by atoms with E-state index >= 15 is 0 Å². The molecule has 0 aliphatic carbocycles. The van der Waals surface area contributed by atoms with Gasteiger partial charge in [-0.2, -0.15) is 0 Å². The second-order valence-corrected chi connectivity index (χ2v) is 7.18. The lowest BCUT2D eigenvalue weighted by molar-refractivity contribution is 0.674. The molecule has 21 heavy (non-hydrogen) atoms. The molecular formula is C14H12Cl3N3S. The highest BCUT2D eigenvalue weighted by atomic mass is 35.5. The van der Waals surface area contributed by atoms with Crippen LogP contribution in [0.15, 0.2) is 24.4 Å². The smallest absolute Gasteiger partial charge is 0.160 e. The Balaban J connectivity index is 1.92. The van der Waals surface area contributed by atoms with E-state index in [9.17, 15) is 0 Å². The van der Waals surface area contributed by atoms with Gasteiger partial charge in [0.25, 0.3) is 0 Å². The summed E-state index contributed by atoms with van der Waals surface area (Å²) in [6, 6.07) is 5.81. The molecule has 0 aliphatic heterocycles. The normalized spacial score (nSPS) is 11.4. The highest BCUT2D eigenvalue weighted by Gasteiger charge is 2.12. The number of nitrogens with zero attached hydrogens (tertiary/aromatic N) is 3. The van der Waals surface area contributed by atoms with Gasteiger partial charge in [-0.1, -0.05) is 23.2 Å². The Morgan fingerprint density at radius 2 is 2.05 bits per heavy atom. The predicted molar refractivity (Wildman–Crippen MR) is 90.0 cm³/mol. The van der Waals surface area contributed by atoms with Crippen LogP contribution >= 0.6 is 46.1 Å². The fourth-order valence-electron chi connectivity index (χ4n) is 2.25. The third-order valence-electron chi connectivity index (χ3n) is 3.16. The molecule has 0 N–H and O–H groups in total. The van der Waals surface area contributed by atoms with Gasteiger partial charge in [0.05, 0.1) is 9.36 Å². The molecule has 7 heteroatoms. The Hall–Kier alpha value is -0.810. The first-order valence-corrected chi connectivity index (χ1v) is 8.59. The van der Waals surface area contributed by atoms with Gasteiger partial charge < -0.3 is 4.57 Å². The van der Waals surface area contributed by atoms with E-state index < -0.39 is 0 Å². The Morgan fingerprint density at radius 3 is 2.76 bits per heavy atom. The molecule has 3 aromatic heterocycles. The molecule has 3 rings (SSSR count). The quantitative estimate of drug-likeness (QED) is 0.610. The van der Waals surface area contributed by atoms with Crippen molar-refractivity contribution < 1.29 is 0 Å². The Morgan fingerprint density at radius 1 is 1.19 bits per heavy atom. The topological polar surface area (TPSA) is 30.7 Å². The third-order valence-corrected chi connectivity index (χ3v) is 4.85. The van der Waals surface area contributed by atoms with Gasteiger partial charge in [0.1, 0.15) is 11.3 Å². The lowest BCUT2D eigenvalue weighted by Crippen LogP contribution is -2.07. The molecule has 0 amide bonds. The number of hydrogen-bond acceptors (Lipinski definition) is 3. The van der Waals surface area contributed by atoms with Crippen molar-refractivity contribution in [3.63, 3.8) is 0 Å². The molecule has 0 bridgehead atoms. The Kier molecular flexibility index (Phi) is 4.69. The van der Waals surface area contributed by atoms with Crippen molar-refractivity contribution in [3.8, 4) is 0 Å². The van der Waals surface area contributed by atoms with Gasteiger partial charge in [-0.25, -0.2) is 9.97 Å². The van der Waals surface area contributed by atoms with E-state index in [1.807, 2.05) is 12.1 Å². The zero-order valence-corrected chi connectivity index (χ0v) is 14.1. The number of halogens is 3. The lowest BCUT2D eigenvalue weighted by Gasteiger charge is -2.06. The van der Waals surface area contributed by atoms with Crippen molar-refractivity contribution in [2.24, 2.45) is 0 Å². The van der Waals surface area contributed by atoms with Gasteiger partial charge in [0.2, 0.25) is 0 Å². The molecule has 0 unspecified atom stereocenters. The van der Waals surface area contributed by atoms with E-state index in [4.69, 9.17) is 34.8 Å². The Labute approximate surface area is 141 Å². The minimum absolute atomic E-state index is 0.530. The SMILES string of the molecule is ClCCc1nc2cc(Cl)cnc2n1CCc1ccc(Cl)s1. The van der Waals surface area contributed by atoms with Crippen LogP contribution < -0.4 is 0 Å². The number of fused-ring (bicyclic) bond motifs is 1. The molecule has 0 saturated carbocycles. The van der Waals surface area contributed by atoms with Crippen LogP contribution in [0.4, 0.5) is 0 Å². The maximum atomic E-state index is 5.98. The molecular weight excluding hydrogens is 349 g/mol. The van der Waals surface area contributed by atoms with Crippen LogP contribution in [0.5, 0.6) is 0 Å². The van der Waals surface area contributed by atoms with Crippen molar-refractivity contribution >= 4 is 57.3 Å². The first-order chi connectivity index (χ1) is 10.2. The number of alkyl halides is 1. The number of hydrogen-bond donors (Lipinski definition) is 0. The van der Waals surface area contributed by atoms with E-state index in [1.54, 1.807) is 17.5 Å². The van der Waals surface area contributed by atoms with Gasteiger partial charge in [-0.05, 0) is 24.6 Å². The average Bonchev–Trinajstić information content (AvgIpc) is 3.00. The van der Waals surface area contributed by atoms with Crippen LogP contribution in [0.1, 0.15) is 10.7 Å². The summed E-state index contributed by atoms with van der Waals surface area (Å²) in [5.74, 6) is 1.47. The average molecular weight is 361 g/mol. The van der Waals surface area contributed by atoms with E-state index in [0.717, 1.165) is 34.3 Å². The monoisotopic (exact) mass is 359 g/mol. The van der Waals surface area contributed by atoms with Crippen LogP contribution in [-0.2, 0) is 19.4 Å². The van der Waals surface area contributed by atoms with Gasteiger partial charge in [-0.3, -0.25) is 0 Å². The predicted octanol–water partition coefficient (Wildman–Crippen LogP) is 4.82. The van der Waals surface area contributed by atoms with Crippen molar-refractivity contribution in [2.45, 2.75) is 19.4 Å². The van der Waals surface area contributed by atoms with E-state index in [-0.39, 0.29) is 0 Å². The van der Waals surface area contributed by atoms with Crippen LogP contribution in [0.3, 0.4) is 0 Å². The van der Waals surface area contributed by atoms with Crippen LogP contribution in [-0.4, -0.2) is 20.4 Å². The molecule has 3 nitrogen and oxygen atoms in total. The molecule has 0 aliphatic rings. The maximum Gasteiger partial charge on any atom is 0.160 e. The lowest BCUT2D eigenvalue weighted by atomic mass is 10.3. The van der Waals surface area contributed by atoms with Crippen LogP contribution in [0.2, 0.25) is 9.36 Å². The van der Waals surface area contributed by atoms with E-state index in [1.165, 1.54) is 4.88 Å². The molecule has 3 aromatic rings. The third kappa shape index (κ3) is 3.34. The highest BCUT2D eigenvalue weighted by Crippen LogP contribution is 2.24. The Bertz CT molecular complexity index is 766. The minimum atomic E-state index is 0.530. The molecule has 0 aromatic carbocycles. The molecule has 0 saturated heterocycles. The van der Waals surface area contributed by atoms with E-state index in [2.05, 4.69) is 20.6 Å². The zero-order valence-electron chi connectivity index (χ0n) is 11.0. The van der Waals surface area contributed by atoms with Crippen LogP contribution in [0, 0.1) is 0 Å². The summed E-state index contributed by atoms with van der Waals surface area (Å²) in [5, 5.41) is 0.592. The van der Waals surface area contributed by atoms with E-state index in [0.29, 0.717) is 17.3 Å². The van der Waals surface area contributed by atoms with Crippen LogP contribution in [0.25, 0.3) is 11.2 Å². The van der Waals surface area contributed by atoms with Gasteiger partial charge in [-0.15, -0.1) is 22.9 Å². The van der Waals surface area contributed by atoms with Gasteiger partial charge in [0.15, 0.2) is 5.65 Å². The summed E-state index contributed by atoms with van der Waals surface area (Å²) in [6.07, 6.45) is 3.25. The number of rotatable bonds is 5. The van der Waals surface area contributed by atoms with Crippen molar-refractivity contribution in [2.75, 3.05) is 5.88 Å². The maximum absolute atomic E-state index is 5.98. The fourth-order valence-corrected chi connectivity index (χ4v) is 3.65. The summed E-state index contributed by atoms with van der Waals surface area (Å²) < 4.78 is 2.92. The zero-order chi connectivity index (χ0) is 14.8. The molecule has 110 valence electrons. The second-order valence-electron chi connectivity index (χ2n) is 4.57. The highest BCUT2D eigenvalue weighted by molar-refractivity contribution is 7.16. The first kappa shape index (κ1) is 15.1. The number of thiophene rings is 1. The number of aryl methyl sites for hydroxylation is 3. The molecule has 0 fully saturated rings. The fraction of sp³-hybridized carbons (Fsp3) is 0.286. The summed E-state index contributed by atoms with van der Waals surface area (Å²) in [7, 11) is 0. The molecule has 3 heterocycles. The summed E-state index contributed by atoms with van der Waals surface area (Å²) in [5.41, 5.74) is 1.66. The molecule has 0 atom stereocenters. The summed E-state index contributed by atoms with van der Waals surface area (Å²) in [6.45, 7) is 0.800. The van der Waals surface area contributed by atoms with Crippen molar-refractivity contribution in [1.29, 1.82) is 0 Å². The van der Waals surface area contributed by atoms with Gasteiger partial charge >= 0.3 is 0 Å². The van der Waals surface area contributed by atoms with Crippen molar-refractivity contribution in [3.05, 3.63) is 44.5 Å². The largest absolute Gasteiger partial charge is 0.312 e. The first-order valence-electron chi connectivity index (χ1n) is 6.48. The number of aromatic nitrogens is 3. The number of imidazole rings is 1. The van der Waals surface area contributed by atoms with Gasteiger partial charge in [0, 0.05) is 29.9 Å². The summed E-state index contributed by atoms with van der Waals surface area (Å²) >= 11 is 19.4. The standard InChI is InChI=1S/C14H12Cl3N3S/c15-5-3-13-19-11-7-9(16)8-18-14(11)20(13)6-4-10-1-2-12(17)21-10/h1-2,7-8H,3-6H2. The second kappa shape index (κ2) is 6.53.